The molecular weight excluding hydrogens is 250 g/mol. The molecule has 0 saturated carbocycles. The first kappa shape index (κ1) is 15.0. The molecule has 1 atom stereocenters. The van der Waals surface area contributed by atoms with Crippen molar-refractivity contribution >= 4 is 17.6 Å². The van der Waals surface area contributed by atoms with Crippen LogP contribution in [-0.2, 0) is 9.53 Å². The van der Waals surface area contributed by atoms with Gasteiger partial charge in [-0.05, 0) is 32.4 Å². The van der Waals surface area contributed by atoms with Crippen LogP contribution in [0.3, 0.4) is 0 Å². The normalized spacial score (nSPS) is 13.2. The highest BCUT2D eigenvalue weighted by Gasteiger charge is 2.29. The van der Waals surface area contributed by atoms with Gasteiger partial charge >= 0.3 is 5.97 Å². The zero-order valence-corrected chi connectivity index (χ0v) is 12.0. The first-order chi connectivity index (χ1) is 8.38. The fourth-order valence-electron chi connectivity index (χ4n) is 1.69. The molecule has 0 amide bonds. The maximum atomic E-state index is 11.6. The lowest BCUT2D eigenvalue weighted by Crippen LogP contribution is -2.38. The van der Waals surface area contributed by atoms with E-state index in [0.29, 0.717) is 6.54 Å². The molecule has 0 aromatic heterocycles. The van der Waals surface area contributed by atoms with Gasteiger partial charge in [0.1, 0.15) is 0 Å². The second-order valence-electron chi connectivity index (χ2n) is 5.00. The summed E-state index contributed by atoms with van der Waals surface area (Å²) in [6, 6.07) is 7.77. The summed E-state index contributed by atoms with van der Waals surface area (Å²) < 4.78 is 4.77. The van der Waals surface area contributed by atoms with Crippen molar-refractivity contribution in [1.29, 1.82) is 0 Å². The third-order valence-corrected chi connectivity index (χ3v) is 3.30. The lowest BCUT2D eigenvalue weighted by molar-refractivity contribution is -0.150. The fraction of sp³-hybridized carbons (Fsp3) is 0.500. The van der Waals surface area contributed by atoms with E-state index in [1.165, 1.54) is 7.11 Å². The van der Waals surface area contributed by atoms with E-state index in [2.05, 4.69) is 5.32 Å². The predicted octanol–water partition coefficient (Wildman–Crippen LogP) is 3.19. The zero-order valence-electron chi connectivity index (χ0n) is 11.3. The van der Waals surface area contributed by atoms with Gasteiger partial charge in [-0.2, -0.15) is 0 Å². The maximum Gasteiger partial charge on any atom is 0.312 e. The number of rotatable bonds is 5. The van der Waals surface area contributed by atoms with E-state index in [0.717, 1.165) is 10.6 Å². The number of esters is 1. The number of hydrogen-bond acceptors (Lipinski definition) is 3. The molecule has 0 heterocycles. The number of carbonyl (C=O) groups excluding carboxylic acids is 1. The van der Waals surface area contributed by atoms with Crippen molar-refractivity contribution in [2.75, 3.05) is 13.7 Å². The number of hydrogen-bond donors (Lipinski definition) is 1. The van der Waals surface area contributed by atoms with Gasteiger partial charge in [0.05, 0.1) is 12.5 Å². The maximum absolute atomic E-state index is 11.6. The minimum atomic E-state index is -0.551. The van der Waals surface area contributed by atoms with Gasteiger partial charge in [0.25, 0.3) is 0 Å². The Kier molecular flexibility index (Phi) is 5.17. The van der Waals surface area contributed by atoms with Gasteiger partial charge in [0.2, 0.25) is 0 Å². The van der Waals surface area contributed by atoms with Crippen LogP contribution in [-0.4, -0.2) is 19.6 Å². The van der Waals surface area contributed by atoms with Gasteiger partial charge in [-0.15, -0.1) is 0 Å². The van der Waals surface area contributed by atoms with E-state index in [1.54, 1.807) is 0 Å². The molecule has 0 aliphatic carbocycles. The molecule has 0 saturated heterocycles. The first-order valence-electron chi connectivity index (χ1n) is 5.94. The van der Waals surface area contributed by atoms with Crippen LogP contribution >= 0.6 is 11.6 Å². The molecule has 1 aromatic carbocycles. The van der Waals surface area contributed by atoms with Crippen molar-refractivity contribution in [3.63, 3.8) is 0 Å². The standard InChI is InChI=1S/C14H20ClNO2/c1-10(11-7-5-6-8-12(11)15)16-9-14(2,3)13(17)18-4/h5-8,10,16H,9H2,1-4H3/t10-/m0/s1. The number of methoxy groups -OCH3 is 1. The number of benzene rings is 1. The van der Waals surface area contributed by atoms with E-state index >= 15 is 0 Å². The molecular formula is C14H20ClNO2. The Balaban J connectivity index is 2.64. The Morgan fingerprint density at radius 1 is 1.44 bits per heavy atom. The average molecular weight is 270 g/mol. The van der Waals surface area contributed by atoms with E-state index in [4.69, 9.17) is 16.3 Å². The topological polar surface area (TPSA) is 38.3 Å². The molecule has 0 aliphatic rings. The van der Waals surface area contributed by atoms with E-state index < -0.39 is 5.41 Å². The molecule has 0 spiro atoms. The Labute approximate surface area is 113 Å². The number of halogens is 1. The lowest BCUT2D eigenvalue weighted by Gasteiger charge is -2.25. The SMILES string of the molecule is COC(=O)C(C)(C)CN[C@@H](C)c1ccccc1Cl. The minimum Gasteiger partial charge on any atom is -0.469 e. The molecule has 18 heavy (non-hydrogen) atoms. The number of nitrogens with one attached hydrogen (secondary N) is 1. The van der Waals surface area contributed by atoms with E-state index in [9.17, 15) is 4.79 Å². The molecule has 0 fully saturated rings. The second kappa shape index (κ2) is 6.21. The predicted molar refractivity (Wildman–Crippen MR) is 73.7 cm³/mol. The number of carbonyl (C=O) groups is 1. The molecule has 3 nitrogen and oxygen atoms in total. The van der Waals surface area contributed by atoms with Crippen molar-refractivity contribution in [2.24, 2.45) is 5.41 Å². The molecule has 0 radical (unpaired) electrons. The van der Waals surface area contributed by atoms with Crippen molar-refractivity contribution in [1.82, 2.24) is 5.32 Å². The molecule has 1 rings (SSSR count). The van der Waals surface area contributed by atoms with Crippen LogP contribution in [0, 0.1) is 5.41 Å². The van der Waals surface area contributed by atoms with Crippen LogP contribution in [0.5, 0.6) is 0 Å². The smallest absolute Gasteiger partial charge is 0.312 e. The summed E-state index contributed by atoms with van der Waals surface area (Å²) in [5.74, 6) is -0.221. The van der Waals surface area contributed by atoms with E-state index in [1.807, 2.05) is 45.0 Å². The second-order valence-corrected chi connectivity index (χ2v) is 5.41. The van der Waals surface area contributed by atoms with Crippen LogP contribution in [0.2, 0.25) is 5.02 Å². The Bertz CT molecular complexity index is 418. The summed E-state index contributed by atoms with van der Waals surface area (Å²) in [5, 5.41) is 4.04. The van der Waals surface area contributed by atoms with Crippen LogP contribution in [0.25, 0.3) is 0 Å². The van der Waals surface area contributed by atoms with Crippen LogP contribution in [0.4, 0.5) is 0 Å². The van der Waals surface area contributed by atoms with Gasteiger partial charge in [0, 0.05) is 17.6 Å². The van der Waals surface area contributed by atoms with E-state index in [-0.39, 0.29) is 12.0 Å². The molecule has 1 N–H and O–H groups in total. The summed E-state index contributed by atoms with van der Waals surface area (Å²) in [5.41, 5.74) is 0.476. The van der Waals surface area contributed by atoms with Gasteiger partial charge in [-0.25, -0.2) is 0 Å². The molecule has 4 heteroatoms. The molecule has 0 unspecified atom stereocenters. The molecule has 0 aliphatic heterocycles. The van der Waals surface area contributed by atoms with Crippen LogP contribution in [0.15, 0.2) is 24.3 Å². The van der Waals surface area contributed by atoms with Crippen LogP contribution < -0.4 is 5.32 Å². The summed E-state index contributed by atoms with van der Waals surface area (Å²) in [4.78, 5) is 11.6. The Morgan fingerprint density at radius 2 is 2.06 bits per heavy atom. The van der Waals surface area contributed by atoms with Gasteiger partial charge in [-0.1, -0.05) is 29.8 Å². The third-order valence-electron chi connectivity index (χ3n) is 2.96. The zero-order chi connectivity index (χ0) is 13.8. The quantitative estimate of drug-likeness (QED) is 0.835. The first-order valence-corrected chi connectivity index (χ1v) is 6.32. The van der Waals surface area contributed by atoms with Gasteiger partial charge in [0.15, 0.2) is 0 Å². The summed E-state index contributed by atoms with van der Waals surface area (Å²) >= 11 is 6.13. The monoisotopic (exact) mass is 269 g/mol. The fourth-order valence-corrected chi connectivity index (χ4v) is 1.99. The van der Waals surface area contributed by atoms with Gasteiger partial charge < -0.3 is 10.1 Å². The van der Waals surface area contributed by atoms with Crippen molar-refractivity contribution in [3.05, 3.63) is 34.9 Å². The Morgan fingerprint density at radius 3 is 2.61 bits per heavy atom. The largest absolute Gasteiger partial charge is 0.469 e. The molecule has 100 valence electrons. The third kappa shape index (κ3) is 3.72. The summed E-state index contributed by atoms with van der Waals surface area (Å²) in [6.07, 6.45) is 0. The van der Waals surface area contributed by atoms with Gasteiger partial charge in [-0.3, -0.25) is 4.79 Å². The average Bonchev–Trinajstić information content (AvgIpc) is 2.35. The number of ether oxygens (including phenoxy) is 1. The summed E-state index contributed by atoms with van der Waals surface area (Å²) in [6.45, 7) is 6.26. The molecule has 1 aromatic rings. The lowest BCUT2D eigenvalue weighted by atomic mass is 9.93. The van der Waals surface area contributed by atoms with Crippen LogP contribution in [0.1, 0.15) is 32.4 Å². The Hall–Kier alpha value is -1.06. The van der Waals surface area contributed by atoms with Crippen molar-refractivity contribution in [2.45, 2.75) is 26.8 Å². The van der Waals surface area contributed by atoms with Crippen molar-refractivity contribution < 1.29 is 9.53 Å². The highest BCUT2D eigenvalue weighted by atomic mass is 35.5. The highest BCUT2D eigenvalue weighted by molar-refractivity contribution is 6.31. The minimum absolute atomic E-state index is 0.0858. The summed E-state index contributed by atoms with van der Waals surface area (Å²) in [7, 11) is 1.40. The molecule has 0 bridgehead atoms. The highest BCUT2D eigenvalue weighted by Crippen LogP contribution is 2.23. The van der Waals surface area contributed by atoms with Crippen molar-refractivity contribution in [3.8, 4) is 0 Å².